The van der Waals surface area contributed by atoms with Gasteiger partial charge < -0.3 is 11.1 Å². The first-order valence-electron chi connectivity index (χ1n) is 6.13. The minimum atomic E-state index is -4.34. The van der Waals surface area contributed by atoms with Gasteiger partial charge in [0.1, 0.15) is 0 Å². The average Bonchev–Trinajstić information content (AvgIpc) is 2.39. The highest BCUT2D eigenvalue weighted by atomic mass is 19.4. The maximum absolute atomic E-state index is 12.8. The van der Waals surface area contributed by atoms with E-state index in [-0.39, 0.29) is 12.1 Å². The van der Waals surface area contributed by atoms with Gasteiger partial charge in [0.25, 0.3) is 0 Å². The van der Waals surface area contributed by atoms with Crippen LogP contribution in [0.2, 0.25) is 0 Å². The summed E-state index contributed by atoms with van der Waals surface area (Å²) in [6.45, 7) is 1.97. The van der Waals surface area contributed by atoms with Gasteiger partial charge in [-0.25, -0.2) is 0 Å². The minimum Gasteiger partial charge on any atom is -0.398 e. The van der Waals surface area contributed by atoms with E-state index < -0.39 is 11.7 Å². The predicted octanol–water partition coefficient (Wildman–Crippen LogP) is 4.21. The van der Waals surface area contributed by atoms with Gasteiger partial charge in [0.2, 0.25) is 0 Å². The first-order valence-corrected chi connectivity index (χ1v) is 6.13. The fourth-order valence-corrected chi connectivity index (χ4v) is 1.90. The number of nitrogens with one attached hydrogen (secondary N) is 1. The summed E-state index contributed by atoms with van der Waals surface area (Å²) < 4.78 is 38.5. The molecule has 20 heavy (non-hydrogen) atoms. The van der Waals surface area contributed by atoms with Crippen molar-refractivity contribution in [2.75, 3.05) is 11.1 Å². The zero-order chi connectivity index (χ0) is 14.8. The molecule has 0 bridgehead atoms. The fraction of sp³-hybridized carbons (Fsp3) is 0.200. The second-order valence-corrected chi connectivity index (χ2v) is 4.58. The molecule has 0 fully saturated rings. The van der Waals surface area contributed by atoms with Crippen molar-refractivity contribution < 1.29 is 13.2 Å². The van der Waals surface area contributed by atoms with Gasteiger partial charge in [-0.15, -0.1) is 0 Å². The molecule has 0 unspecified atom stereocenters. The molecule has 0 spiro atoms. The number of nitrogen functional groups attached to an aromatic ring is 1. The van der Waals surface area contributed by atoms with E-state index in [4.69, 9.17) is 5.73 Å². The second kappa shape index (κ2) is 5.45. The summed E-state index contributed by atoms with van der Waals surface area (Å²) in [5.74, 6) is 0. The Labute approximate surface area is 115 Å². The molecule has 0 aromatic heterocycles. The zero-order valence-corrected chi connectivity index (χ0v) is 11.0. The van der Waals surface area contributed by atoms with Crippen LogP contribution in [0.15, 0.2) is 42.5 Å². The molecule has 2 aromatic carbocycles. The average molecular weight is 280 g/mol. The quantitative estimate of drug-likeness (QED) is 0.827. The van der Waals surface area contributed by atoms with Crippen molar-refractivity contribution in [1.82, 2.24) is 0 Å². The number of anilines is 2. The van der Waals surface area contributed by atoms with E-state index in [1.165, 1.54) is 12.1 Å². The van der Waals surface area contributed by atoms with Gasteiger partial charge in [-0.05, 0) is 36.2 Å². The first-order chi connectivity index (χ1) is 9.38. The van der Waals surface area contributed by atoms with E-state index in [0.29, 0.717) is 11.4 Å². The third-order valence-electron chi connectivity index (χ3n) is 3.08. The molecule has 0 saturated carbocycles. The van der Waals surface area contributed by atoms with Crippen LogP contribution in [0.1, 0.15) is 16.7 Å². The number of nitrogens with two attached hydrogens (primary N) is 1. The van der Waals surface area contributed by atoms with Crippen LogP contribution in [-0.4, -0.2) is 0 Å². The monoisotopic (exact) mass is 280 g/mol. The van der Waals surface area contributed by atoms with E-state index >= 15 is 0 Å². The molecule has 0 aliphatic heterocycles. The van der Waals surface area contributed by atoms with Gasteiger partial charge in [-0.3, -0.25) is 0 Å². The van der Waals surface area contributed by atoms with Crippen molar-refractivity contribution >= 4 is 11.4 Å². The molecule has 3 N–H and O–H groups in total. The van der Waals surface area contributed by atoms with Crippen LogP contribution in [0.5, 0.6) is 0 Å². The van der Waals surface area contributed by atoms with Crippen LogP contribution in [-0.2, 0) is 12.7 Å². The lowest BCUT2D eigenvalue weighted by Crippen LogP contribution is -2.11. The molecule has 2 rings (SSSR count). The predicted molar refractivity (Wildman–Crippen MR) is 74.4 cm³/mol. The summed E-state index contributed by atoms with van der Waals surface area (Å²) >= 11 is 0. The highest BCUT2D eigenvalue weighted by Crippen LogP contribution is 2.32. The lowest BCUT2D eigenvalue weighted by Gasteiger charge is -2.14. The maximum Gasteiger partial charge on any atom is 0.416 e. The Morgan fingerprint density at radius 2 is 1.80 bits per heavy atom. The number of hydrogen-bond acceptors (Lipinski definition) is 2. The molecule has 0 aliphatic rings. The summed E-state index contributed by atoms with van der Waals surface area (Å²) in [6, 6.07) is 10.9. The van der Waals surface area contributed by atoms with E-state index in [1.807, 2.05) is 13.0 Å². The van der Waals surface area contributed by atoms with E-state index in [2.05, 4.69) is 5.32 Å². The van der Waals surface area contributed by atoms with Crippen LogP contribution in [0, 0.1) is 6.92 Å². The summed E-state index contributed by atoms with van der Waals surface area (Å²) in [5, 5.41) is 2.96. The molecule has 106 valence electrons. The maximum atomic E-state index is 12.8. The SMILES string of the molecule is Cc1ccc(NCc2ccccc2C(F)(F)F)cc1N. The summed E-state index contributed by atoms with van der Waals surface area (Å²) in [4.78, 5) is 0. The van der Waals surface area contributed by atoms with Crippen LogP contribution < -0.4 is 11.1 Å². The lowest BCUT2D eigenvalue weighted by molar-refractivity contribution is -0.138. The molecule has 0 saturated heterocycles. The van der Waals surface area contributed by atoms with E-state index in [9.17, 15) is 13.2 Å². The highest BCUT2D eigenvalue weighted by molar-refractivity contribution is 5.58. The zero-order valence-electron chi connectivity index (χ0n) is 11.0. The van der Waals surface area contributed by atoms with Gasteiger partial charge in [0.05, 0.1) is 5.56 Å². The van der Waals surface area contributed by atoms with Gasteiger partial charge in [0, 0.05) is 17.9 Å². The van der Waals surface area contributed by atoms with Gasteiger partial charge >= 0.3 is 6.18 Å². The Bertz CT molecular complexity index is 606. The standard InChI is InChI=1S/C15H15F3N2/c1-10-6-7-12(8-14(10)19)20-9-11-4-2-3-5-13(11)15(16,17)18/h2-8,20H,9,19H2,1H3. The third-order valence-corrected chi connectivity index (χ3v) is 3.08. The van der Waals surface area contributed by atoms with E-state index in [0.717, 1.165) is 11.6 Å². The fourth-order valence-electron chi connectivity index (χ4n) is 1.90. The Kier molecular flexibility index (Phi) is 3.88. The Morgan fingerprint density at radius 1 is 1.10 bits per heavy atom. The second-order valence-electron chi connectivity index (χ2n) is 4.58. The highest BCUT2D eigenvalue weighted by Gasteiger charge is 2.32. The lowest BCUT2D eigenvalue weighted by atomic mass is 10.1. The molecule has 2 nitrogen and oxygen atoms in total. The van der Waals surface area contributed by atoms with Gasteiger partial charge in [-0.2, -0.15) is 13.2 Å². The van der Waals surface area contributed by atoms with E-state index in [1.54, 1.807) is 18.2 Å². The topological polar surface area (TPSA) is 38.0 Å². The molecular formula is C15H15F3N2. The largest absolute Gasteiger partial charge is 0.416 e. The van der Waals surface area contributed by atoms with Crippen molar-refractivity contribution in [2.24, 2.45) is 0 Å². The molecule has 5 heteroatoms. The van der Waals surface area contributed by atoms with Gasteiger partial charge in [-0.1, -0.05) is 24.3 Å². The minimum absolute atomic E-state index is 0.0954. The van der Waals surface area contributed by atoms with Crippen LogP contribution in [0.4, 0.5) is 24.5 Å². The van der Waals surface area contributed by atoms with Gasteiger partial charge in [0.15, 0.2) is 0 Å². The van der Waals surface area contributed by atoms with Crippen molar-refractivity contribution in [3.05, 3.63) is 59.2 Å². The van der Waals surface area contributed by atoms with Crippen molar-refractivity contribution in [2.45, 2.75) is 19.6 Å². The molecule has 0 aliphatic carbocycles. The summed E-state index contributed by atoms with van der Waals surface area (Å²) in [6.07, 6.45) is -4.34. The van der Waals surface area contributed by atoms with Crippen molar-refractivity contribution in [3.63, 3.8) is 0 Å². The number of benzene rings is 2. The number of alkyl halides is 3. The Morgan fingerprint density at radius 3 is 2.45 bits per heavy atom. The molecule has 0 radical (unpaired) electrons. The Hall–Kier alpha value is -2.17. The Balaban J connectivity index is 2.17. The third kappa shape index (κ3) is 3.23. The van der Waals surface area contributed by atoms with Crippen LogP contribution in [0.25, 0.3) is 0 Å². The molecule has 0 heterocycles. The first kappa shape index (κ1) is 14.2. The number of hydrogen-bond donors (Lipinski definition) is 2. The molecule has 2 aromatic rings. The number of halogens is 3. The smallest absolute Gasteiger partial charge is 0.398 e. The van der Waals surface area contributed by atoms with Crippen LogP contribution in [0.3, 0.4) is 0 Å². The number of rotatable bonds is 3. The summed E-state index contributed by atoms with van der Waals surface area (Å²) in [7, 11) is 0. The molecular weight excluding hydrogens is 265 g/mol. The molecule has 0 atom stereocenters. The normalized spacial score (nSPS) is 11.4. The molecule has 0 amide bonds. The summed E-state index contributed by atoms with van der Waals surface area (Å²) in [5.41, 5.74) is 7.60. The van der Waals surface area contributed by atoms with Crippen molar-refractivity contribution in [3.8, 4) is 0 Å². The number of aryl methyl sites for hydroxylation is 1. The van der Waals surface area contributed by atoms with Crippen molar-refractivity contribution in [1.29, 1.82) is 0 Å². The van der Waals surface area contributed by atoms with Crippen LogP contribution >= 0.6 is 0 Å².